The lowest BCUT2D eigenvalue weighted by Crippen LogP contribution is -2.12. The van der Waals surface area contributed by atoms with E-state index in [-0.39, 0.29) is 5.91 Å². The average molecular weight is 330 g/mol. The lowest BCUT2D eigenvalue weighted by Gasteiger charge is -2.07. The Hall–Kier alpha value is -3.74. The van der Waals surface area contributed by atoms with Crippen molar-refractivity contribution in [3.05, 3.63) is 85.2 Å². The lowest BCUT2D eigenvalue weighted by molar-refractivity contribution is 0.102. The molecule has 0 atom stereocenters. The van der Waals surface area contributed by atoms with Gasteiger partial charge in [0.2, 0.25) is 0 Å². The van der Waals surface area contributed by atoms with Crippen molar-refractivity contribution in [1.29, 1.82) is 0 Å². The maximum absolute atomic E-state index is 12.4. The second-order valence-electron chi connectivity index (χ2n) is 5.34. The second kappa shape index (κ2) is 6.40. The van der Waals surface area contributed by atoms with E-state index >= 15 is 0 Å². The van der Waals surface area contributed by atoms with E-state index in [0.717, 1.165) is 11.4 Å². The van der Waals surface area contributed by atoms with Gasteiger partial charge in [0, 0.05) is 23.6 Å². The van der Waals surface area contributed by atoms with E-state index in [1.165, 1.54) is 6.33 Å². The number of hydrogen-bond acceptors (Lipinski definition) is 4. The van der Waals surface area contributed by atoms with Gasteiger partial charge in [-0.25, -0.2) is 14.3 Å². The molecule has 0 fully saturated rings. The van der Waals surface area contributed by atoms with Crippen LogP contribution in [0.4, 0.5) is 5.69 Å². The number of aromatic nitrogens is 5. The molecule has 1 N–H and O–H groups in total. The summed E-state index contributed by atoms with van der Waals surface area (Å²) in [6, 6.07) is 16.5. The number of rotatable bonds is 4. The fourth-order valence-corrected chi connectivity index (χ4v) is 2.43. The Labute approximate surface area is 143 Å². The minimum Gasteiger partial charge on any atom is -0.322 e. The molecule has 0 unspecified atom stereocenters. The number of amides is 1. The molecule has 0 spiro atoms. The number of benzene rings is 2. The summed E-state index contributed by atoms with van der Waals surface area (Å²) in [7, 11) is 0. The van der Waals surface area contributed by atoms with Crippen LogP contribution in [0, 0.1) is 0 Å². The van der Waals surface area contributed by atoms with Crippen molar-refractivity contribution in [1.82, 2.24) is 24.5 Å². The van der Waals surface area contributed by atoms with Gasteiger partial charge in [0.1, 0.15) is 12.7 Å². The zero-order valence-electron chi connectivity index (χ0n) is 13.1. The zero-order chi connectivity index (χ0) is 17.1. The SMILES string of the molecule is O=C(Nc1ccc(-n2cncn2)cc1)c1ccc(-n2cccn2)cc1. The van der Waals surface area contributed by atoms with Gasteiger partial charge in [-0.2, -0.15) is 10.2 Å². The number of carbonyl (C=O) groups is 1. The van der Waals surface area contributed by atoms with Crippen molar-refractivity contribution < 1.29 is 4.79 Å². The molecule has 0 saturated carbocycles. The highest BCUT2D eigenvalue weighted by atomic mass is 16.1. The molecule has 25 heavy (non-hydrogen) atoms. The second-order valence-corrected chi connectivity index (χ2v) is 5.34. The van der Waals surface area contributed by atoms with E-state index in [4.69, 9.17) is 0 Å². The maximum atomic E-state index is 12.4. The van der Waals surface area contributed by atoms with Crippen LogP contribution in [0.3, 0.4) is 0 Å². The fraction of sp³-hybridized carbons (Fsp3) is 0. The molecule has 2 aromatic heterocycles. The minimum atomic E-state index is -0.166. The predicted octanol–water partition coefficient (Wildman–Crippen LogP) is 2.71. The van der Waals surface area contributed by atoms with Gasteiger partial charge in [0.25, 0.3) is 5.91 Å². The Morgan fingerprint density at radius 1 is 0.880 bits per heavy atom. The summed E-state index contributed by atoms with van der Waals surface area (Å²) in [5.74, 6) is -0.166. The Morgan fingerprint density at radius 2 is 1.60 bits per heavy atom. The van der Waals surface area contributed by atoms with E-state index in [0.29, 0.717) is 11.3 Å². The molecule has 2 heterocycles. The predicted molar refractivity (Wildman–Crippen MR) is 92.9 cm³/mol. The van der Waals surface area contributed by atoms with Crippen LogP contribution in [0.5, 0.6) is 0 Å². The Kier molecular flexibility index (Phi) is 3.80. The Balaban J connectivity index is 1.46. The van der Waals surface area contributed by atoms with Gasteiger partial charge in [0.15, 0.2) is 0 Å². The van der Waals surface area contributed by atoms with Crippen LogP contribution in [0.15, 0.2) is 79.6 Å². The summed E-state index contributed by atoms with van der Waals surface area (Å²) in [6.45, 7) is 0. The molecule has 7 heteroatoms. The fourth-order valence-electron chi connectivity index (χ4n) is 2.43. The van der Waals surface area contributed by atoms with Crippen molar-refractivity contribution in [3.63, 3.8) is 0 Å². The molecular formula is C18H14N6O. The molecular weight excluding hydrogens is 316 g/mol. The first-order valence-electron chi connectivity index (χ1n) is 7.66. The molecule has 122 valence electrons. The topological polar surface area (TPSA) is 77.6 Å². The quantitative estimate of drug-likeness (QED) is 0.624. The Morgan fingerprint density at radius 3 is 2.24 bits per heavy atom. The van der Waals surface area contributed by atoms with E-state index in [9.17, 15) is 4.79 Å². The molecule has 0 bridgehead atoms. The number of nitrogens with one attached hydrogen (secondary N) is 1. The number of nitrogens with zero attached hydrogens (tertiary/aromatic N) is 5. The first-order chi connectivity index (χ1) is 12.3. The normalized spacial score (nSPS) is 10.6. The van der Waals surface area contributed by atoms with Crippen LogP contribution < -0.4 is 5.32 Å². The number of anilines is 1. The molecule has 0 aliphatic carbocycles. The first-order valence-corrected chi connectivity index (χ1v) is 7.66. The van der Waals surface area contributed by atoms with Crippen LogP contribution in [0.25, 0.3) is 11.4 Å². The van der Waals surface area contributed by atoms with E-state index in [1.807, 2.05) is 48.7 Å². The molecule has 0 aliphatic heterocycles. The van der Waals surface area contributed by atoms with Crippen molar-refractivity contribution >= 4 is 11.6 Å². The molecule has 4 rings (SSSR count). The Bertz CT molecular complexity index is 958. The third kappa shape index (κ3) is 3.16. The molecule has 1 amide bonds. The molecule has 7 nitrogen and oxygen atoms in total. The highest BCUT2D eigenvalue weighted by Gasteiger charge is 2.07. The molecule has 0 aliphatic rings. The van der Waals surface area contributed by atoms with Crippen LogP contribution in [0.1, 0.15) is 10.4 Å². The van der Waals surface area contributed by atoms with Crippen molar-refractivity contribution in [2.75, 3.05) is 5.32 Å². The van der Waals surface area contributed by atoms with E-state index < -0.39 is 0 Å². The maximum Gasteiger partial charge on any atom is 0.255 e. The monoisotopic (exact) mass is 330 g/mol. The van der Waals surface area contributed by atoms with Gasteiger partial charge in [-0.15, -0.1) is 0 Å². The average Bonchev–Trinajstić information content (AvgIpc) is 3.36. The third-order valence-electron chi connectivity index (χ3n) is 3.71. The molecule has 4 aromatic rings. The van der Waals surface area contributed by atoms with Crippen LogP contribution in [-0.4, -0.2) is 30.5 Å². The highest BCUT2D eigenvalue weighted by Crippen LogP contribution is 2.14. The van der Waals surface area contributed by atoms with Crippen molar-refractivity contribution in [2.45, 2.75) is 0 Å². The summed E-state index contributed by atoms with van der Waals surface area (Å²) in [5.41, 5.74) is 3.07. The van der Waals surface area contributed by atoms with Gasteiger partial charge in [-0.1, -0.05) is 0 Å². The van der Waals surface area contributed by atoms with Gasteiger partial charge >= 0.3 is 0 Å². The number of hydrogen-bond donors (Lipinski definition) is 1. The zero-order valence-corrected chi connectivity index (χ0v) is 13.1. The van der Waals surface area contributed by atoms with Gasteiger partial charge in [-0.3, -0.25) is 4.79 Å². The van der Waals surface area contributed by atoms with Crippen molar-refractivity contribution in [2.24, 2.45) is 0 Å². The van der Waals surface area contributed by atoms with E-state index in [2.05, 4.69) is 20.5 Å². The van der Waals surface area contributed by atoms with E-state index in [1.54, 1.807) is 34.0 Å². The summed E-state index contributed by atoms with van der Waals surface area (Å²) >= 11 is 0. The van der Waals surface area contributed by atoms with Crippen LogP contribution in [0.2, 0.25) is 0 Å². The molecule has 0 radical (unpaired) electrons. The number of carbonyl (C=O) groups excluding carboxylic acids is 1. The van der Waals surface area contributed by atoms with Crippen molar-refractivity contribution in [3.8, 4) is 11.4 Å². The van der Waals surface area contributed by atoms with Gasteiger partial charge < -0.3 is 5.32 Å². The first kappa shape index (κ1) is 14.8. The summed E-state index contributed by atoms with van der Waals surface area (Å²) in [6.07, 6.45) is 6.66. The molecule has 2 aromatic carbocycles. The lowest BCUT2D eigenvalue weighted by atomic mass is 10.2. The largest absolute Gasteiger partial charge is 0.322 e. The highest BCUT2D eigenvalue weighted by molar-refractivity contribution is 6.04. The van der Waals surface area contributed by atoms with Crippen LogP contribution in [-0.2, 0) is 0 Å². The van der Waals surface area contributed by atoms with Crippen LogP contribution >= 0.6 is 0 Å². The molecule has 0 saturated heterocycles. The minimum absolute atomic E-state index is 0.166. The van der Waals surface area contributed by atoms with Gasteiger partial charge in [0.05, 0.1) is 11.4 Å². The van der Waals surface area contributed by atoms with Gasteiger partial charge in [-0.05, 0) is 54.6 Å². The summed E-state index contributed by atoms with van der Waals surface area (Å²) in [4.78, 5) is 16.3. The summed E-state index contributed by atoms with van der Waals surface area (Å²) < 4.78 is 3.39. The third-order valence-corrected chi connectivity index (χ3v) is 3.71. The standard InChI is InChI=1S/C18H14N6O/c25-18(14-2-6-16(7-3-14)23-11-1-10-20-23)22-15-4-8-17(9-5-15)24-13-19-12-21-24/h1-13H,(H,22,25). The smallest absolute Gasteiger partial charge is 0.255 e. The summed E-state index contributed by atoms with van der Waals surface area (Å²) in [5, 5.41) is 11.1.